The number of benzene rings is 2. The van der Waals surface area contributed by atoms with Gasteiger partial charge in [0.05, 0.1) is 24.0 Å². The number of carbonyl (C=O) groups excluding carboxylic acids is 2. The van der Waals surface area contributed by atoms with Gasteiger partial charge < -0.3 is 16.0 Å². The van der Waals surface area contributed by atoms with E-state index in [9.17, 15) is 9.59 Å². The van der Waals surface area contributed by atoms with Crippen molar-refractivity contribution in [1.29, 1.82) is 0 Å². The van der Waals surface area contributed by atoms with E-state index in [0.717, 1.165) is 11.3 Å². The molecule has 0 aromatic heterocycles. The molecule has 1 aliphatic heterocycles. The minimum Gasteiger partial charge on any atom is -0.374 e. The van der Waals surface area contributed by atoms with E-state index in [4.69, 9.17) is 0 Å². The molecule has 0 bridgehead atoms. The van der Waals surface area contributed by atoms with E-state index in [-0.39, 0.29) is 24.4 Å². The van der Waals surface area contributed by atoms with Crippen LogP contribution in [-0.4, -0.2) is 18.4 Å². The third-order valence-electron chi connectivity index (χ3n) is 3.64. The zero-order chi connectivity index (χ0) is 15.5. The van der Waals surface area contributed by atoms with Crippen molar-refractivity contribution in [1.82, 2.24) is 5.32 Å². The van der Waals surface area contributed by atoms with Crippen LogP contribution in [0.25, 0.3) is 0 Å². The second-order valence-corrected chi connectivity index (χ2v) is 5.27. The van der Waals surface area contributed by atoms with Gasteiger partial charge in [0.2, 0.25) is 5.91 Å². The summed E-state index contributed by atoms with van der Waals surface area (Å²) in [6, 6.07) is 14.9. The molecule has 2 amide bonds. The summed E-state index contributed by atoms with van der Waals surface area (Å²) < 4.78 is 0. The fourth-order valence-corrected chi connectivity index (χ4v) is 2.42. The smallest absolute Gasteiger partial charge is 0.251 e. The summed E-state index contributed by atoms with van der Waals surface area (Å²) in [5.74, 6) is -0.276. The Bertz CT molecular complexity index is 713. The van der Waals surface area contributed by atoms with Crippen LogP contribution in [0.2, 0.25) is 0 Å². The number of carbonyl (C=O) groups is 2. The molecule has 5 nitrogen and oxygen atoms in total. The van der Waals surface area contributed by atoms with E-state index in [1.54, 1.807) is 18.2 Å². The van der Waals surface area contributed by atoms with E-state index in [0.29, 0.717) is 11.3 Å². The Balaban J connectivity index is 1.75. The molecule has 2 aromatic carbocycles. The maximum absolute atomic E-state index is 12.4. The van der Waals surface area contributed by atoms with Gasteiger partial charge in [0.15, 0.2) is 0 Å². The monoisotopic (exact) mass is 295 g/mol. The fraction of sp³-hybridized carbons (Fsp3) is 0.176. The van der Waals surface area contributed by atoms with Gasteiger partial charge in [-0.3, -0.25) is 9.59 Å². The highest BCUT2D eigenvalue weighted by Crippen LogP contribution is 2.26. The van der Waals surface area contributed by atoms with Crippen molar-refractivity contribution in [3.63, 3.8) is 0 Å². The van der Waals surface area contributed by atoms with E-state index < -0.39 is 0 Å². The molecule has 1 heterocycles. The van der Waals surface area contributed by atoms with E-state index in [2.05, 4.69) is 16.0 Å². The molecular formula is C17H17N3O2. The van der Waals surface area contributed by atoms with Gasteiger partial charge in [-0.25, -0.2) is 0 Å². The predicted octanol–water partition coefficient (Wildman–Crippen LogP) is 2.54. The third kappa shape index (κ3) is 2.93. The second kappa shape index (κ2) is 5.89. The molecule has 1 atom stereocenters. The Hall–Kier alpha value is -2.82. The lowest BCUT2D eigenvalue weighted by Crippen LogP contribution is -2.29. The van der Waals surface area contributed by atoms with Gasteiger partial charge in [-0.2, -0.15) is 0 Å². The molecular weight excluding hydrogens is 278 g/mol. The van der Waals surface area contributed by atoms with Gasteiger partial charge in [0.1, 0.15) is 0 Å². The van der Waals surface area contributed by atoms with Crippen LogP contribution < -0.4 is 16.0 Å². The zero-order valence-corrected chi connectivity index (χ0v) is 12.2. The lowest BCUT2D eigenvalue weighted by molar-refractivity contribution is -0.114. The zero-order valence-electron chi connectivity index (χ0n) is 12.2. The van der Waals surface area contributed by atoms with Gasteiger partial charge in [0, 0.05) is 5.56 Å². The summed E-state index contributed by atoms with van der Waals surface area (Å²) in [4.78, 5) is 23.7. The van der Waals surface area contributed by atoms with Crippen LogP contribution in [0.5, 0.6) is 0 Å². The summed E-state index contributed by atoms with van der Waals surface area (Å²) >= 11 is 0. The second-order valence-electron chi connectivity index (χ2n) is 5.27. The summed E-state index contributed by atoms with van der Waals surface area (Å²) in [7, 11) is 0. The molecule has 3 N–H and O–H groups in total. The molecule has 0 saturated carbocycles. The molecule has 3 rings (SSSR count). The van der Waals surface area contributed by atoms with Gasteiger partial charge in [-0.05, 0) is 30.7 Å². The van der Waals surface area contributed by atoms with E-state index in [1.807, 2.05) is 37.3 Å². The first-order valence-corrected chi connectivity index (χ1v) is 7.17. The van der Waals surface area contributed by atoms with Crippen molar-refractivity contribution < 1.29 is 9.59 Å². The van der Waals surface area contributed by atoms with Gasteiger partial charge in [-0.15, -0.1) is 0 Å². The molecule has 2 aromatic rings. The van der Waals surface area contributed by atoms with Crippen molar-refractivity contribution in [3.05, 3.63) is 59.7 Å². The number of hydrogen-bond acceptors (Lipinski definition) is 3. The topological polar surface area (TPSA) is 70.2 Å². The lowest BCUT2D eigenvalue weighted by Gasteiger charge is -2.20. The number of rotatable bonds is 3. The van der Waals surface area contributed by atoms with Crippen molar-refractivity contribution in [2.75, 3.05) is 17.2 Å². The van der Waals surface area contributed by atoms with E-state index in [1.165, 1.54) is 0 Å². The first-order chi connectivity index (χ1) is 10.6. The highest BCUT2D eigenvalue weighted by molar-refractivity contribution is 6.03. The van der Waals surface area contributed by atoms with Crippen molar-refractivity contribution in [2.24, 2.45) is 0 Å². The average molecular weight is 295 g/mol. The standard InChI is InChI=1S/C17H17N3O2/c1-11(12-5-3-2-4-6-12)19-17(22)13-7-8-14-15(9-13)20-16(21)10-18-14/h2-9,11,18H,10H2,1H3,(H,19,22)(H,20,21). The van der Waals surface area contributed by atoms with Crippen LogP contribution in [0.1, 0.15) is 28.9 Å². The van der Waals surface area contributed by atoms with Gasteiger partial charge in [0.25, 0.3) is 5.91 Å². The number of anilines is 2. The molecule has 112 valence electrons. The largest absolute Gasteiger partial charge is 0.374 e. The molecule has 0 spiro atoms. The van der Waals surface area contributed by atoms with Crippen LogP contribution in [-0.2, 0) is 4.79 Å². The molecule has 0 saturated heterocycles. The van der Waals surface area contributed by atoms with E-state index >= 15 is 0 Å². The molecule has 1 unspecified atom stereocenters. The highest BCUT2D eigenvalue weighted by atomic mass is 16.2. The summed E-state index contributed by atoms with van der Waals surface area (Å²) in [6.45, 7) is 2.19. The van der Waals surface area contributed by atoms with Gasteiger partial charge >= 0.3 is 0 Å². The van der Waals surface area contributed by atoms with Crippen molar-refractivity contribution in [3.8, 4) is 0 Å². The maximum Gasteiger partial charge on any atom is 0.251 e. The molecule has 22 heavy (non-hydrogen) atoms. The average Bonchev–Trinajstić information content (AvgIpc) is 2.54. The minimum absolute atomic E-state index is 0.0857. The molecule has 0 fully saturated rings. The molecule has 1 aliphatic rings. The molecule has 5 heteroatoms. The van der Waals surface area contributed by atoms with Crippen LogP contribution in [0.4, 0.5) is 11.4 Å². The van der Waals surface area contributed by atoms with Crippen LogP contribution in [0.15, 0.2) is 48.5 Å². The van der Waals surface area contributed by atoms with Crippen LogP contribution in [0.3, 0.4) is 0 Å². The van der Waals surface area contributed by atoms with Gasteiger partial charge in [-0.1, -0.05) is 30.3 Å². The summed E-state index contributed by atoms with van der Waals surface area (Å²) in [6.07, 6.45) is 0. The predicted molar refractivity (Wildman–Crippen MR) is 85.9 cm³/mol. The Labute approximate surface area is 128 Å². The molecule has 0 radical (unpaired) electrons. The maximum atomic E-state index is 12.4. The third-order valence-corrected chi connectivity index (χ3v) is 3.64. The van der Waals surface area contributed by atoms with Crippen molar-refractivity contribution in [2.45, 2.75) is 13.0 Å². The fourth-order valence-electron chi connectivity index (χ4n) is 2.42. The number of hydrogen-bond donors (Lipinski definition) is 3. The van der Waals surface area contributed by atoms with Crippen LogP contribution in [0, 0.1) is 0 Å². The SMILES string of the molecule is CC(NC(=O)c1ccc2c(c1)NC(=O)CN2)c1ccccc1. The summed E-state index contributed by atoms with van der Waals surface area (Å²) in [5.41, 5.74) is 3.03. The Morgan fingerprint density at radius 3 is 2.68 bits per heavy atom. The Kier molecular flexibility index (Phi) is 3.78. The normalized spacial score (nSPS) is 14.3. The first-order valence-electron chi connectivity index (χ1n) is 7.17. The highest BCUT2D eigenvalue weighted by Gasteiger charge is 2.17. The number of amides is 2. The number of fused-ring (bicyclic) bond motifs is 1. The summed E-state index contributed by atoms with van der Waals surface area (Å²) in [5, 5.41) is 8.72. The quantitative estimate of drug-likeness (QED) is 0.815. The number of nitrogens with one attached hydrogen (secondary N) is 3. The Morgan fingerprint density at radius 2 is 1.91 bits per heavy atom. The molecule has 0 aliphatic carbocycles. The Morgan fingerprint density at radius 1 is 1.14 bits per heavy atom. The first kappa shape index (κ1) is 14.1. The lowest BCUT2D eigenvalue weighted by atomic mass is 10.1. The minimum atomic E-state index is -0.168. The van der Waals surface area contributed by atoms with Crippen LogP contribution >= 0.6 is 0 Å². The van der Waals surface area contributed by atoms with Crippen molar-refractivity contribution >= 4 is 23.2 Å².